The largest absolute Gasteiger partial charge is 0.497 e. The number of likely N-dealkylation sites (N-methyl/N-ethyl adjacent to an activating group) is 1. The molecule has 0 spiro atoms. The molecule has 2 amide bonds. The highest BCUT2D eigenvalue weighted by Crippen LogP contribution is 2.15. The van der Waals surface area contributed by atoms with Gasteiger partial charge in [0, 0.05) is 11.8 Å². The molecule has 0 fully saturated rings. The van der Waals surface area contributed by atoms with E-state index >= 15 is 0 Å². The number of ether oxygens (including phenoxy) is 1. The third-order valence-electron chi connectivity index (χ3n) is 3.69. The van der Waals surface area contributed by atoms with Crippen molar-refractivity contribution in [3.63, 3.8) is 0 Å². The highest BCUT2D eigenvalue weighted by molar-refractivity contribution is 5.95. The fourth-order valence-electron chi connectivity index (χ4n) is 2.09. The van der Waals surface area contributed by atoms with Crippen LogP contribution in [-0.4, -0.2) is 48.6 Å². The molecule has 0 aliphatic carbocycles. The van der Waals surface area contributed by atoms with E-state index in [0.29, 0.717) is 23.0 Å². The van der Waals surface area contributed by atoms with Crippen molar-refractivity contribution >= 4 is 23.3 Å². The molecule has 8 nitrogen and oxygen atoms in total. The van der Waals surface area contributed by atoms with Crippen LogP contribution in [0.1, 0.15) is 12.7 Å². The van der Waals surface area contributed by atoms with Gasteiger partial charge in [0.2, 0.25) is 11.8 Å². The average molecular weight is 346 g/mol. The summed E-state index contributed by atoms with van der Waals surface area (Å²) in [6, 6.07) is 8.13. The van der Waals surface area contributed by atoms with Gasteiger partial charge in [-0.25, -0.2) is 0 Å². The molecule has 1 atom stereocenters. The normalized spacial score (nSPS) is 11.9. The minimum Gasteiger partial charge on any atom is -0.497 e. The van der Waals surface area contributed by atoms with Gasteiger partial charge >= 0.3 is 0 Å². The Balaban J connectivity index is 1.85. The van der Waals surface area contributed by atoms with Crippen molar-refractivity contribution in [1.29, 1.82) is 0 Å². The van der Waals surface area contributed by atoms with E-state index in [1.54, 1.807) is 63.2 Å². The summed E-state index contributed by atoms with van der Waals surface area (Å²) in [6.07, 6.45) is 0. The van der Waals surface area contributed by atoms with Crippen LogP contribution in [-0.2, 0) is 9.59 Å². The number of hydrogen-bond acceptors (Lipinski definition) is 6. The van der Waals surface area contributed by atoms with Gasteiger partial charge in [-0.1, -0.05) is 5.16 Å². The molecule has 134 valence electrons. The van der Waals surface area contributed by atoms with Crippen LogP contribution in [0.25, 0.3) is 0 Å². The number of carbonyl (C=O) groups excluding carboxylic acids is 2. The Labute approximate surface area is 146 Å². The lowest BCUT2D eigenvalue weighted by molar-refractivity contribution is -0.122. The van der Waals surface area contributed by atoms with Gasteiger partial charge in [0.05, 0.1) is 19.7 Å². The number of hydrogen-bond donors (Lipinski definition) is 2. The first-order valence-electron chi connectivity index (χ1n) is 7.77. The van der Waals surface area contributed by atoms with Crippen molar-refractivity contribution in [2.45, 2.75) is 19.9 Å². The Hall–Kier alpha value is -2.87. The number of rotatable bonds is 7. The van der Waals surface area contributed by atoms with Crippen LogP contribution < -0.4 is 15.4 Å². The van der Waals surface area contributed by atoms with E-state index in [-0.39, 0.29) is 18.4 Å². The molecule has 2 rings (SSSR count). The molecule has 8 heteroatoms. The molecule has 0 radical (unpaired) electrons. The van der Waals surface area contributed by atoms with E-state index in [0.717, 1.165) is 0 Å². The highest BCUT2D eigenvalue weighted by Gasteiger charge is 2.21. The maximum atomic E-state index is 12.2. The lowest BCUT2D eigenvalue weighted by atomic mass is 10.2. The first-order chi connectivity index (χ1) is 11.9. The van der Waals surface area contributed by atoms with E-state index in [4.69, 9.17) is 9.26 Å². The summed E-state index contributed by atoms with van der Waals surface area (Å²) in [5.41, 5.74) is 0.661. The van der Waals surface area contributed by atoms with Crippen molar-refractivity contribution in [2.75, 3.05) is 31.3 Å². The first-order valence-corrected chi connectivity index (χ1v) is 7.77. The summed E-state index contributed by atoms with van der Waals surface area (Å²) in [5, 5.41) is 9.14. The molecule has 0 aliphatic heterocycles. The fourth-order valence-corrected chi connectivity index (χ4v) is 2.09. The van der Waals surface area contributed by atoms with Crippen LogP contribution in [0.3, 0.4) is 0 Å². The Morgan fingerprint density at radius 1 is 1.28 bits per heavy atom. The molecule has 1 aromatic carbocycles. The number of amides is 2. The van der Waals surface area contributed by atoms with Crippen molar-refractivity contribution < 1.29 is 18.8 Å². The fraction of sp³-hybridized carbons (Fsp3) is 0.353. The Bertz CT molecular complexity index is 727. The van der Waals surface area contributed by atoms with E-state index in [1.165, 1.54) is 0 Å². The molecule has 25 heavy (non-hydrogen) atoms. The molecule has 2 N–H and O–H groups in total. The van der Waals surface area contributed by atoms with E-state index in [2.05, 4.69) is 15.8 Å². The van der Waals surface area contributed by atoms with Gasteiger partial charge in [0.1, 0.15) is 11.5 Å². The molecule has 2 aromatic rings. The molecule has 1 unspecified atom stereocenters. The summed E-state index contributed by atoms with van der Waals surface area (Å²) in [4.78, 5) is 26.0. The highest BCUT2D eigenvalue weighted by atomic mass is 16.5. The first kappa shape index (κ1) is 18.5. The molecule has 0 aliphatic rings. The lowest BCUT2D eigenvalue weighted by Gasteiger charge is -2.22. The van der Waals surface area contributed by atoms with Crippen LogP contribution in [0.15, 0.2) is 34.9 Å². The van der Waals surface area contributed by atoms with Gasteiger partial charge in [-0.2, -0.15) is 0 Å². The molecule has 0 bridgehead atoms. The molecule has 0 saturated heterocycles. The second-order valence-corrected chi connectivity index (χ2v) is 5.68. The molecule has 0 saturated carbocycles. The van der Waals surface area contributed by atoms with E-state index in [9.17, 15) is 9.59 Å². The average Bonchev–Trinajstić information content (AvgIpc) is 2.99. The zero-order chi connectivity index (χ0) is 18.4. The van der Waals surface area contributed by atoms with Crippen LogP contribution in [0.4, 0.5) is 11.5 Å². The molecule has 1 aromatic heterocycles. The number of methoxy groups -OCH3 is 1. The third kappa shape index (κ3) is 5.32. The monoisotopic (exact) mass is 346 g/mol. The maximum absolute atomic E-state index is 12.2. The molecular weight excluding hydrogens is 324 g/mol. The number of aryl methyl sites for hydroxylation is 1. The Kier molecular flexibility index (Phi) is 6.13. The predicted octanol–water partition coefficient (Wildman–Crippen LogP) is 1.89. The Morgan fingerprint density at radius 2 is 1.96 bits per heavy atom. The number of nitrogens with one attached hydrogen (secondary N) is 2. The van der Waals surface area contributed by atoms with Gasteiger partial charge in [-0.05, 0) is 45.2 Å². The smallest absolute Gasteiger partial charge is 0.242 e. The number of carbonyl (C=O) groups is 2. The number of benzene rings is 1. The van der Waals surface area contributed by atoms with Crippen LogP contribution in [0, 0.1) is 6.92 Å². The number of nitrogens with zero attached hydrogens (tertiary/aromatic N) is 2. The minimum atomic E-state index is -0.515. The summed E-state index contributed by atoms with van der Waals surface area (Å²) in [5.74, 6) is 1.18. The number of aromatic nitrogens is 1. The van der Waals surface area contributed by atoms with E-state index < -0.39 is 6.04 Å². The van der Waals surface area contributed by atoms with Crippen molar-refractivity contribution in [1.82, 2.24) is 10.1 Å². The minimum absolute atomic E-state index is 0.0679. The van der Waals surface area contributed by atoms with Crippen molar-refractivity contribution in [3.8, 4) is 5.75 Å². The second-order valence-electron chi connectivity index (χ2n) is 5.68. The topological polar surface area (TPSA) is 96.7 Å². The zero-order valence-corrected chi connectivity index (χ0v) is 14.7. The second kappa shape index (κ2) is 8.29. The van der Waals surface area contributed by atoms with Gasteiger partial charge in [0.25, 0.3) is 0 Å². The SMILES string of the molecule is COc1ccc(NC(=O)CN(C)C(C)C(=O)Nc2cc(C)on2)cc1. The van der Waals surface area contributed by atoms with Gasteiger partial charge in [-0.15, -0.1) is 0 Å². The van der Waals surface area contributed by atoms with E-state index in [1.807, 2.05) is 0 Å². The molecule has 1 heterocycles. The summed E-state index contributed by atoms with van der Waals surface area (Å²) in [6.45, 7) is 3.52. The Morgan fingerprint density at radius 3 is 2.52 bits per heavy atom. The quantitative estimate of drug-likeness (QED) is 0.795. The summed E-state index contributed by atoms with van der Waals surface area (Å²) >= 11 is 0. The standard InChI is InChI=1S/C17H22N4O4/c1-11-9-15(20-25-11)19-17(23)12(2)21(3)10-16(22)18-13-5-7-14(24-4)8-6-13/h5-9,12H,10H2,1-4H3,(H,18,22)(H,19,20,23). The van der Waals surface area contributed by atoms with Crippen LogP contribution >= 0.6 is 0 Å². The lowest BCUT2D eigenvalue weighted by Crippen LogP contribution is -2.43. The predicted molar refractivity (Wildman–Crippen MR) is 93.6 cm³/mol. The summed E-state index contributed by atoms with van der Waals surface area (Å²) < 4.78 is 9.97. The van der Waals surface area contributed by atoms with Crippen molar-refractivity contribution in [3.05, 3.63) is 36.1 Å². The maximum Gasteiger partial charge on any atom is 0.242 e. The third-order valence-corrected chi connectivity index (χ3v) is 3.69. The van der Waals surface area contributed by atoms with Crippen molar-refractivity contribution in [2.24, 2.45) is 0 Å². The van der Waals surface area contributed by atoms with Gasteiger partial charge in [0.15, 0.2) is 5.82 Å². The van der Waals surface area contributed by atoms with Gasteiger partial charge in [-0.3, -0.25) is 14.5 Å². The van der Waals surface area contributed by atoms with Crippen LogP contribution in [0.5, 0.6) is 5.75 Å². The zero-order valence-electron chi connectivity index (χ0n) is 14.7. The number of anilines is 2. The van der Waals surface area contributed by atoms with Gasteiger partial charge < -0.3 is 19.9 Å². The van der Waals surface area contributed by atoms with Crippen LogP contribution in [0.2, 0.25) is 0 Å². The molecular formula is C17H22N4O4. The summed E-state index contributed by atoms with van der Waals surface area (Å²) in [7, 11) is 3.28.